The lowest BCUT2D eigenvalue weighted by Crippen LogP contribution is -2.25. The molecular weight excluding hydrogens is 375 g/mol. The van der Waals surface area contributed by atoms with Crippen molar-refractivity contribution in [2.24, 2.45) is 5.41 Å². The molecule has 1 N–H and O–H groups in total. The first-order valence-electron chi connectivity index (χ1n) is 10.6. The summed E-state index contributed by atoms with van der Waals surface area (Å²) in [5.74, 6) is -0.132. The Bertz CT molecular complexity index is 881. The predicted molar refractivity (Wildman–Crippen MR) is 126 cm³/mol. The fourth-order valence-electron chi connectivity index (χ4n) is 4.16. The van der Waals surface area contributed by atoms with Crippen molar-refractivity contribution in [1.82, 2.24) is 0 Å². The molecule has 2 aromatic carbocycles. The van der Waals surface area contributed by atoms with Crippen LogP contribution >= 0.6 is 0 Å². The van der Waals surface area contributed by atoms with Gasteiger partial charge in [-0.05, 0) is 79.0 Å². The van der Waals surface area contributed by atoms with E-state index in [9.17, 15) is 9.18 Å². The second-order valence-corrected chi connectivity index (χ2v) is 9.48. The van der Waals surface area contributed by atoms with Crippen molar-refractivity contribution < 1.29 is 9.18 Å². The van der Waals surface area contributed by atoms with Gasteiger partial charge in [-0.3, -0.25) is 4.79 Å². The summed E-state index contributed by atoms with van der Waals surface area (Å²) in [6.45, 7) is 12.2. The van der Waals surface area contributed by atoms with Crippen LogP contribution in [0.5, 0.6) is 0 Å². The van der Waals surface area contributed by atoms with E-state index >= 15 is 0 Å². The summed E-state index contributed by atoms with van der Waals surface area (Å²) in [5.41, 5.74) is 6.86. The van der Waals surface area contributed by atoms with Crippen molar-refractivity contribution in [2.45, 2.75) is 74.3 Å². The summed E-state index contributed by atoms with van der Waals surface area (Å²) in [6.07, 6.45) is 3.77. The first kappa shape index (κ1) is 23.9. The van der Waals surface area contributed by atoms with Crippen LogP contribution in [-0.2, 0) is 17.8 Å². The number of benzene rings is 2. The van der Waals surface area contributed by atoms with Crippen LogP contribution < -0.4 is 10.2 Å². The molecule has 0 aromatic heterocycles. The Labute approximate surface area is 181 Å². The van der Waals surface area contributed by atoms with E-state index in [1.165, 1.54) is 28.9 Å². The number of amides is 1. The molecule has 0 unspecified atom stereocenters. The second kappa shape index (κ2) is 9.63. The van der Waals surface area contributed by atoms with E-state index in [1.54, 1.807) is 0 Å². The number of fused-ring (bicyclic) bond motifs is 1. The number of hydrogen-bond acceptors (Lipinski definition) is 2. The van der Waals surface area contributed by atoms with Gasteiger partial charge >= 0.3 is 0 Å². The van der Waals surface area contributed by atoms with E-state index < -0.39 is 0 Å². The van der Waals surface area contributed by atoms with Gasteiger partial charge in [0.2, 0.25) is 5.91 Å². The number of nitrogens with one attached hydrogen (secondary N) is 1. The highest BCUT2D eigenvalue weighted by Crippen LogP contribution is 2.37. The Kier molecular flexibility index (Phi) is 7.68. The fraction of sp³-hybridized carbons (Fsp3) is 0.500. The van der Waals surface area contributed by atoms with Gasteiger partial charge in [-0.25, -0.2) is 4.39 Å². The first-order valence-corrected chi connectivity index (χ1v) is 10.6. The van der Waals surface area contributed by atoms with Crippen LogP contribution in [-0.4, -0.2) is 12.5 Å². The third-order valence-corrected chi connectivity index (χ3v) is 5.57. The molecule has 0 saturated carbocycles. The molecule has 0 saturated heterocycles. The molecule has 1 aliphatic rings. The lowest BCUT2D eigenvalue weighted by atomic mass is 9.91. The Balaban J connectivity index is 0.00000320. The summed E-state index contributed by atoms with van der Waals surface area (Å²) in [4.78, 5) is 14.9. The predicted octanol–water partition coefficient (Wildman–Crippen LogP) is 6.80. The molecule has 4 heteroatoms. The number of hydrogen-bond donors (Lipinski definition) is 1. The highest BCUT2D eigenvalue weighted by Gasteiger charge is 2.22. The van der Waals surface area contributed by atoms with Gasteiger partial charge in [-0.15, -0.1) is 0 Å². The molecule has 1 amide bonds. The molecule has 1 aliphatic heterocycles. The summed E-state index contributed by atoms with van der Waals surface area (Å²) in [5, 5.41) is 3.18. The molecule has 3 rings (SSSR count). The smallest absolute Gasteiger partial charge is 0.224 e. The molecule has 0 atom stereocenters. The largest absolute Gasteiger partial charge is 0.367 e. The average molecular weight is 413 g/mol. The highest BCUT2D eigenvalue weighted by molar-refractivity contribution is 5.93. The maximum Gasteiger partial charge on any atom is 0.224 e. The summed E-state index contributed by atoms with van der Waals surface area (Å²) >= 11 is 0. The standard InChI is InChI=1S/C25H33FN2O.CH4/c1-17-14-22-21(18(2)24(17)27-23(29)15-25(3,4)5)8-6-7-13-28(22)16-19-9-11-20(26)12-10-19;/h9-12,14H,6-8,13,15-16H2,1-5H3,(H,27,29);1H4. The Morgan fingerprint density at radius 2 is 1.80 bits per heavy atom. The molecule has 2 aromatic rings. The van der Waals surface area contributed by atoms with Gasteiger partial charge in [-0.2, -0.15) is 0 Å². The SMILES string of the molecule is C.Cc1cc2c(c(C)c1NC(=O)CC(C)(C)C)CCCCN2Cc1ccc(F)cc1. The molecule has 0 aliphatic carbocycles. The molecule has 0 radical (unpaired) electrons. The summed E-state index contributed by atoms with van der Waals surface area (Å²) < 4.78 is 13.3. The van der Waals surface area contributed by atoms with Crippen LogP contribution in [0.25, 0.3) is 0 Å². The van der Waals surface area contributed by atoms with E-state index in [1.807, 2.05) is 12.1 Å². The molecule has 1 heterocycles. The van der Waals surface area contributed by atoms with Crippen LogP contribution in [0.3, 0.4) is 0 Å². The van der Waals surface area contributed by atoms with E-state index in [0.717, 1.165) is 49.2 Å². The van der Waals surface area contributed by atoms with Crippen molar-refractivity contribution >= 4 is 17.3 Å². The van der Waals surface area contributed by atoms with Crippen molar-refractivity contribution in [3.8, 4) is 0 Å². The zero-order valence-electron chi connectivity index (χ0n) is 18.4. The Morgan fingerprint density at radius 3 is 2.43 bits per heavy atom. The normalized spacial score (nSPS) is 13.9. The minimum absolute atomic E-state index is 0. The van der Waals surface area contributed by atoms with Crippen molar-refractivity contribution in [1.29, 1.82) is 0 Å². The van der Waals surface area contributed by atoms with E-state index in [4.69, 9.17) is 0 Å². The second-order valence-electron chi connectivity index (χ2n) is 9.48. The molecule has 0 bridgehead atoms. The summed E-state index contributed by atoms with van der Waals surface area (Å²) in [6, 6.07) is 8.99. The minimum Gasteiger partial charge on any atom is -0.367 e. The molecular formula is C26H37FN2O. The lowest BCUT2D eigenvalue weighted by molar-refractivity contribution is -0.117. The minimum atomic E-state index is -0.202. The first-order chi connectivity index (χ1) is 13.6. The van der Waals surface area contributed by atoms with Crippen LogP contribution in [0.1, 0.15) is 69.7 Å². The zero-order chi connectivity index (χ0) is 21.2. The maximum absolute atomic E-state index is 13.3. The third-order valence-electron chi connectivity index (χ3n) is 5.57. The molecule has 0 fully saturated rings. The molecule has 30 heavy (non-hydrogen) atoms. The van der Waals surface area contributed by atoms with Crippen LogP contribution in [0.15, 0.2) is 30.3 Å². The number of rotatable bonds is 4. The number of nitrogens with zero attached hydrogens (tertiary/aromatic N) is 1. The fourth-order valence-corrected chi connectivity index (χ4v) is 4.16. The van der Waals surface area contributed by atoms with E-state index in [2.05, 4.69) is 50.9 Å². The van der Waals surface area contributed by atoms with Crippen molar-refractivity contribution in [3.05, 3.63) is 58.4 Å². The zero-order valence-corrected chi connectivity index (χ0v) is 18.4. The van der Waals surface area contributed by atoms with Gasteiger partial charge in [0.1, 0.15) is 5.82 Å². The van der Waals surface area contributed by atoms with Gasteiger partial charge in [0, 0.05) is 30.9 Å². The lowest BCUT2D eigenvalue weighted by Gasteiger charge is -2.28. The number of aryl methyl sites for hydroxylation is 1. The monoisotopic (exact) mass is 412 g/mol. The van der Waals surface area contributed by atoms with Crippen LogP contribution in [0, 0.1) is 25.1 Å². The maximum atomic E-state index is 13.3. The third kappa shape index (κ3) is 5.84. The van der Waals surface area contributed by atoms with E-state index in [0.29, 0.717) is 6.42 Å². The average Bonchev–Trinajstić information content (AvgIpc) is 2.82. The van der Waals surface area contributed by atoms with Gasteiger partial charge < -0.3 is 10.2 Å². The van der Waals surface area contributed by atoms with Gasteiger partial charge in [0.05, 0.1) is 0 Å². The van der Waals surface area contributed by atoms with Crippen LogP contribution in [0.4, 0.5) is 15.8 Å². The molecule has 164 valence electrons. The Morgan fingerprint density at radius 1 is 1.13 bits per heavy atom. The Hall–Kier alpha value is -2.36. The van der Waals surface area contributed by atoms with Gasteiger partial charge in [0.25, 0.3) is 0 Å². The number of carbonyl (C=O) groups excluding carboxylic acids is 1. The van der Waals surface area contributed by atoms with Crippen molar-refractivity contribution in [2.75, 3.05) is 16.8 Å². The molecule has 0 spiro atoms. The van der Waals surface area contributed by atoms with E-state index in [-0.39, 0.29) is 24.6 Å². The summed E-state index contributed by atoms with van der Waals surface area (Å²) in [7, 11) is 0. The number of carbonyl (C=O) groups is 1. The number of anilines is 2. The topological polar surface area (TPSA) is 32.3 Å². The van der Waals surface area contributed by atoms with Crippen LogP contribution in [0.2, 0.25) is 0 Å². The number of halogens is 1. The highest BCUT2D eigenvalue weighted by atomic mass is 19.1. The molecule has 3 nitrogen and oxygen atoms in total. The quantitative estimate of drug-likeness (QED) is 0.599. The van der Waals surface area contributed by atoms with Gasteiger partial charge in [0.15, 0.2) is 0 Å². The van der Waals surface area contributed by atoms with Gasteiger partial charge in [-0.1, -0.05) is 40.3 Å². The van der Waals surface area contributed by atoms with Crippen molar-refractivity contribution in [3.63, 3.8) is 0 Å².